The first kappa shape index (κ1) is 13.4. The van der Waals surface area contributed by atoms with Crippen molar-refractivity contribution in [2.45, 2.75) is 25.4 Å². The molecule has 0 amide bonds. The van der Waals surface area contributed by atoms with Crippen molar-refractivity contribution in [2.75, 3.05) is 11.9 Å². The van der Waals surface area contributed by atoms with Gasteiger partial charge in [0.15, 0.2) is 5.82 Å². The van der Waals surface area contributed by atoms with Gasteiger partial charge in [0.1, 0.15) is 11.6 Å². The van der Waals surface area contributed by atoms with E-state index in [0.717, 1.165) is 40.7 Å². The maximum atomic E-state index is 13.2. The van der Waals surface area contributed by atoms with Crippen molar-refractivity contribution in [3.8, 4) is 11.4 Å². The number of rotatable bonds is 3. The van der Waals surface area contributed by atoms with Gasteiger partial charge in [0.25, 0.3) is 0 Å². The average molecular weight is 289 g/mol. The van der Waals surface area contributed by atoms with Gasteiger partial charge in [-0.1, -0.05) is 0 Å². The number of nitrogens with zero attached hydrogens (tertiary/aromatic N) is 2. The van der Waals surface area contributed by atoms with Crippen LogP contribution in [-0.2, 0) is 11.5 Å². The molecule has 2 aromatic rings. The number of aryl methyl sites for hydroxylation is 1. The fraction of sp³-hybridized carbons (Fsp3) is 0.333. The van der Waals surface area contributed by atoms with Crippen LogP contribution in [0, 0.1) is 12.7 Å². The van der Waals surface area contributed by atoms with Gasteiger partial charge in [0, 0.05) is 29.2 Å². The third-order valence-corrected chi connectivity index (χ3v) is 4.32. The predicted molar refractivity (Wildman–Crippen MR) is 81.3 cm³/mol. The molecule has 0 fully saturated rings. The highest BCUT2D eigenvalue weighted by atomic mass is 32.2. The van der Waals surface area contributed by atoms with Gasteiger partial charge in [-0.15, -0.1) is 0 Å². The van der Waals surface area contributed by atoms with Crippen molar-refractivity contribution in [1.82, 2.24) is 9.97 Å². The van der Waals surface area contributed by atoms with Crippen LogP contribution in [0.25, 0.3) is 11.4 Å². The molecule has 0 unspecified atom stereocenters. The second kappa shape index (κ2) is 5.40. The van der Waals surface area contributed by atoms with Crippen LogP contribution >= 0.6 is 11.8 Å². The zero-order valence-corrected chi connectivity index (χ0v) is 12.4. The van der Waals surface area contributed by atoms with Gasteiger partial charge in [-0.05, 0) is 37.6 Å². The number of anilines is 1. The third-order valence-electron chi connectivity index (χ3n) is 3.35. The van der Waals surface area contributed by atoms with Crippen LogP contribution < -0.4 is 5.32 Å². The molecule has 3 rings (SSSR count). The number of fused-ring (bicyclic) bond motifs is 1. The third kappa shape index (κ3) is 2.38. The molecule has 1 N–H and O–H groups in total. The summed E-state index contributed by atoms with van der Waals surface area (Å²) in [5.74, 6) is 3.25. The Kier molecular flexibility index (Phi) is 3.61. The molecule has 0 saturated heterocycles. The lowest BCUT2D eigenvalue weighted by atomic mass is 10.1. The Morgan fingerprint density at radius 3 is 2.90 bits per heavy atom. The van der Waals surface area contributed by atoms with E-state index in [1.54, 1.807) is 6.07 Å². The normalized spacial score (nSPS) is 13.3. The molecule has 1 aliphatic rings. The molecule has 0 radical (unpaired) electrons. The van der Waals surface area contributed by atoms with Gasteiger partial charge in [-0.3, -0.25) is 0 Å². The summed E-state index contributed by atoms with van der Waals surface area (Å²) < 4.78 is 13.2. The van der Waals surface area contributed by atoms with E-state index in [-0.39, 0.29) is 5.82 Å². The average Bonchev–Trinajstić information content (AvgIpc) is 2.87. The number of benzene rings is 1. The highest BCUT2D eigenvalue weighted by molar-refractivity contribution is 7.98. The monoisotopic (exact) mass is 289 g/mol. The van der Waals surface area contributed by atoms with Crippen LogP contribution in [0.3, 0.4) is 0 Å². The van der Waals surface area contributed by atoms with Gasteiger partial charge in [-0.2, -0.15) is 11.8 Å². The first-order valence-electron chi connectivity index (χ1n) is 6.67. The van der Waals surface area contributed by atoms with Crippen molar-refractivity contribution in [2.24, 2.45) is 0 Å². The minimum absolute atomic E-state index is 0.227. The first-order chi connectivity index (χ1) is 9.69. The fourth-order valence-corrected chi connectivity index (χ4v) is 3.40. The van der Waals surface area contributed by atoms with Crippen LogP contribution in [-0.4, -0.2) is 16.5 Å². The molecule has 0 atom stereocenters. The Bertz CT molecular complexity index is 658. The first-order valence-corrected chi connectivity index (χ1v) is 7.82. The summed E-state index contributed by atoms with van der Waals surface area (Å²) in [4.78, 5) is 9.30. The summed E-state index contributed by atoms with van der Waals surface area (Å²) in [6.07, 6.45) is 0. The second-order valence-electron chi connectivity index (χ2n) is 4.80. The summed E-state index contributed by atoms with van der Waals surface area (Å²) in [7, 11) is 0. The lowest BCUT2D eigenvalue weighted by Crippen LogP contribution is -2.07. The van der Waals surface area contributed by atoms with E-state index < -0.39 is 0 Å². The van der Waals surface area contributed by atoms with Crippen molar-refractivity contribution in [3.05, 3.63) is 40.8 Å². The zero-order valence-electron chi connectivity index (χ0n) is 11.5. The summed E-state index contributed by atoms with van der Waals surface area (Å²) in [6.45, 7) is 4.77. The summed E-state index contributed by atoms with van der Waals surface area (Å²) in [5, 5.41) is 3.31. The molecule has 3 nitrogen and oxygen atoms in total. The van der Waals surface area contributed by atoms with Gasteiger partial charge in [-0.25, -0.2) is 14.4 Å². The Balaban J connectivity index is 2.12. The fourth-order valence-electron chi connectivity index (χ4n) is 2.36. The molecule has 0 saturated carbocycles. The molecule has 1 aliphatic heterocycles. The van der Waals surface area contributed by atoms with E-state index in [9.17, 15) is 4.39 Å². The quantitative estimate of drug-likeness (QED) is 0.933. The van der Waals surface area contributed by atoms with Crippen LogP contribution in [0.1, 0.15) is 23.7 Å². The molecule has 20 heavy (non-hydrogen) atoms. The van der Waals surface area contributed by atoms with E-state index in [1.807, 2.05) is 18.7 Å². The molecule has 1 aromatic heterocycles. The highest BCUT2D eigenvalue weighted by Gasteiger charge is 2.20. The minimum atomic E-state index is -0.227. The molecule has 5 heteroatoms. The second-order valence-corrected chi connectivity index (χ2v) is 5.79. The summed E-state index contributed by atoms with van der Waals surface area (Å²) >= 11 is 1.85. The molecule has 0 aliphatic carbocycles. The van der Waals surface area contributed by atoms with E-state index >= 15 is 0 Å². The maximum Gasteiger partial charge on any atom is 0.162 e. The number of aromatic nitrogens is 2. The Labute approximate surface area is 122 Å². The van der Waals surface area contributed by atoms with Crippen LogP contribution in [0.5, 0.6) is 0 Å². The highest BCUT2D eigenvalue weighted by Crippen LogP contribution is 2.34. The zero-order chi connectivity index (χ0) is 14.1. The van der Waals surface area contributed by atoms with E-state index in [2.05, 4.69) is 22.2 Å². The van der Waals surface area contributed by atoms with Crippen LogP contribution in [0.4, 0.5) is 10.2 Å². The van der Waals surface area contributed by atoms with Crippen molar-refractivity contribution in [1.29, 1.82) is 0 Å². The van der Waals surface area contributed by atoms with E-state index in [0.29, 0.717) is 5.82 Å². The van der Waals surface area contributed by atoms with Crippen LogP contribution in [0.2, 0.25) is 0 Å². The number of thioether (sulfide) groups is 1. The van der Waals surface area contributed by atoms with Gasteiger partial charge in [0.05, 0.1) is 5.69 Å². The maximum absolute atomic E-state index is 13.2. The number of nitrogens with one attached hydrogen (secondary N) is 1. The minimum Gasteiger partial charge on any atom is -0.370 e. The lowest BCUT2D eigenvalue weighted by Gasteiger charge is -2.11. The standard InChI is InChI=1S/C15H16FN3S/c1-3-17-14-12-7-20-8-13(12)18-15(19-14)11-5-4-10(16)6-9(11)2/h4-6H,3,7-8H2,1-2H3,(H,17,18,19). The van der Waals surface area contributed by atoms with Gasteiger partial charge >= 0.3 is 0 Å². The molecule has 2 heterocycles. The molecule has 1 aromatic carbocycles. The molecular formula is C15H16FN3S. The van der Waals surface area contributed by atoms with Gasteiger partial charge in [0.2, 0.25) is 0 Å². The smallest absolute Gasteiger partial charge is 0.162 e. The summed E-state index contributed by atoms with van der Waals surface area (Å²) in [5.41, 5.74) is 4.06. The molecule has 0 spiro atoms. The Hall–Kier alpha value is -1.62. The van der Waals surface area contributed by atoms with Crippen molar-refractivity contribution in [3.63, 3.8) is 0 Å². The number of hydrogen-bond donors (Lipinski definition) is 1. The topological polar surface area (TPSA) is 37.8 Å². The molecule has 104 valence electrons. The number of halogens is 1. The predicted octanol–water partition coefficient (Wildman–Crippen LogP) is 3.77. The number of hydrogen-bond acceptors (Lipinski definition) is 4. The summed E-state index contributed by atoms with van der Waals surface area (Å²) in [6, 6.07) is 4.73. The van der Waals surface area contributed by atoms with Crippen LogP contribution in [0.15, 0.2) is 18.2 Å². The van der Waals surface area contributed by atoms with E-state index in [4.69, 9.17) is 0 Å². The molecule has 0 bridgehead atoms. The molecular weight excluding hydrogens is 273 g/mol. The largest absolute Gasteiger partial charge is 0.370 e. The van der Waals surface area contributed by atoms with Crippen molar-refractivity contribution >= 4 is 17.6 Å². The van der Waals surface area contributed by atoms with Gasteiger partial charge < -0.3 is 5.32 Å². The Morgan fingerprint density at radius 1 is 1.30 bits per heavy atom. The van der Waals surface area contributed by atoms with E-state index in [1.165, 1.54) is 17.7 Å². The van der Waals surface area contributed by atoms with Crippen molar-refractivity contribution < 1.29 is 4.39 Å². The Morgan fingerprint density at radius 2 is 2.15 bits per heavy atom. The lowest BCUT2D eigenvalue weighted by molar-refractivity contribution is 0.627. The SMILES string of the molecule is CCNc1nc(-c2ccc(F)cc2C)nc2c1CSC2.